The predicted molar refractivity (Wildman–Crippen MR) is 77.7 cm³/mol. The minimum Gasteiger partial charge on any atom is -0.726 e. The predicted octanol–water partition coefficient (Wildman–Crippen LogP) is 2.47. The van der Waals surface area contributed by atoms with Crippen molar-refractivity contribution >= 4 is 10.4 Å². The maximum atomic E-state index is 8.63. The van der Waals surface area contributed by atoms with Gasteiger partial charge in [0.25, 0.3) is 0 Å². The van der Waals surface area contributed by atoms with Crippen LogP contribution in [0.5, 0.6) is 0 Å². The summed E-state index contributed by atoms with van der Waals surface area (Å²) in [5, 5.41) is 0. The molecule has 1 unspecified atom stereocenters. The van der Waals surface area contributed by atoms with Gasteiger partial charge in [0.15, 0.2) is 0 Å². The Labute approximate surface area is 118 Å². The molecule has 0 aromatic rings. The summed E-state index contributed by atoms with van der Waals surface area (Å²) in [6, 6.07) is 0. The van der Waals surface area contributed by atoms with Crippen LogP contribution in [-0.4, -0.2) is 49.2 Å². The number of hydrogen-bond acceptors (Lipinski definition) is 3. The van der Waals surface area contributed by atoms with Gasteiger partial charge in [0.1, 0.15) is 0 Å². The molecule has 0 aliphatic heterocycles. The van der Waals surface area contributed by atoms with Crippen LogP contribution in [-0.2, 0) is 10.4 Å². The Bertz CT molecular complexity index is 318. The van der Waals surface area contributed by atoms with Gasteiger partial charge in [-0.2, -0.15) is 0 Å². The van der Waals surface area contributed by atoms with E-state index in [0.717, 1.165) is 16.9 Å². The number of nitrogens with zero attached hydrogens (tertiary/aromatic N) is 1. The van der Waals surface area contributed by atoms with Crippen molar-refractivity contribution in [1.29, 1.82) is 0 Å². The molecule has 19 heavy (non-hydrogen) atoms. The summed E-state index contributed by atoms with van der Waals surface area (Å²) >= 11 is 0. The van der Waals surface area contributed by atoms with Crippen LogP contribution in [0.25, 0.3) is 0 Å². The maximum absolute atomic E-state index is 8.63. The molecule has 0 aromatic heterocycles. The molecule has 0 fully saturated rings. The van der Waals surface area contributed by atoms with Gasteiger partial charge in [-0.25, -0.2) is 8.42 Å². The third-order valence-corrected chi connectivity index (χ3v) is 2.92. The summed E-state index contributed by atoms with van der Waals surface area (Å²) in [4.78, 5) is 0. The molecule has 0 bridgehead atoms. The van der Waals surface area contributed by atoms with Crippen LogP contribution >= 0.6 is 0 Å². The molecule has 1 atom stereocenters. The molecule has 0 spiro atoms. The largest absolute Gasteiger partial charge is 0.726 e. The lowest BCUT2D eigenvalue weighted by molar-refractivity contribution is -0.888. The zero-order valence-electron chi connectivity index (χ0n) is 12.6. The fourth-order valence-electron chi connectivity index (χ4n) is 2.04. The highest BCUT2D eigenvalue weighted by molar-refractivity contribution is 7.79. The van der Waals surface area contributed by atoms with Gasteiger partial charge in [0.2, 0.25) is 10.4 Å². The first-order chi connectivity index (χ1) is 8.55. The number of quaternary nitrogens is 1. The second-order valence-electron chi connectivity index (χ2n) is 5.43. The Morgan fingerprint density at radius 3 is 2.16 bits per heavy atom. The molecular weight excluding hydrogens is 266 g/mol. The van der Waals surface area contributed by atoms with Crippen LogP contribution in [0.1, 0.15) is 39.5 Å². The molecule has 0 saturated heterocycles. The summed E-state index contributed by atoms with van der Waals surface area (Å²) in [5.74, 6) is 0.893. The smallest absolute Gasteiger partial charge is 0.215 e. The van der Waals surface area contributed by atoms with E-state index < -0.39 is 10.4 Å². The monoisotopic (exact) mass is 295 g/mol. The fraction of sp³-hybridized carbons (Fsp3) is 0.846. The van der Waals surface area contributed by atoms with Crippen molar-refractivity contribution in [2.24, 2.45) is 5.92 Å². The standard InChI is InChI=1S/C13H28N.H2O4S/c1-6-9-10-13(8-3)12-14(4,5)11-7-2;1-5(2,3)4/h7,13H,2,6,8-12H2,1,3-5H3;(H2,1,2,3,4)/q+1;/p-1. The van der Waals surface area contributed by atoms with E-state index in [9.17, 15) is 0 Å². The lowest BCUT2D eigenvalue weighted by atomic mass is 9.98. The molecule has 6 heteroatoms. The summed E-state index contributed by atoms with van der Waals surface area (Å²) in [6.45, 7) is 10.8. The van der Waals surface area contributed by atoms with Gasteiger partial charge in [-0.3, -0.25) is 4.55 Å². The van der Waals surface area contributed by atoms with Gasteiger partial charge in [-0.1, -0.05) is 33.3 Å². The third kappa shape index (κ3) is 20.1. The van der Waals surface area contributed by atoms with E-state index >= 15 is 0 Å². The Kier molecular flexibility index (Phi) is 11.4. The molecule has 0 amide bonds. The highest BCUT2D eigenvalue weighted by atomic mass is 32.3. The van der Waals surface area contributed by atoms with E-state index in [-0.39, 0.29) is 0 Å². The second kappa shape index (κ2) is 10.4. The molecular formula is C13H29NO4S. The molecule has 0 aliphatic rings. The van der Waals surface area contributed by atoms with Crippen LogP contribution in [0.15, 0.2) is 12.7 Å². The summed E-state index contributed by atoms with van der Waals surface area (Å²) in [5.41, 5.74) is 0. The zero-order chi connectivity index (χ0) is 15.5. The molecule has 0 rings (SSSR count). The van der Waals surface area contributed by atoms with Gasteiger partial charge < -0.3 is 9.04 Å². The topological polar surface area (TPSA) is 77.4 Å². The van der Waals surface area contributed by atoms with Gasteiger partial charge in [0, 0.05) is 5.92 Å². The number of rotatable bonds is 8. The molecule has 0 aromatic carbocycles. The number of hydrogen-bond donors (Lipinski definition) is 1. The van der Waals surface area contributed by atoms with Gasteiger partial charge in [-0.05, 0) is 18.9 Å². The Hall–Kier alpha value is -0.430. The maximum Gasteiger partial charge on any atom is 0.215 e. The molecule has 1 N–H and O–H groups in total. The molecule has 0 heterocycles. The van der Waals surface area contributed by atoms with E-state index in [1.165, 1.54) is 32.2 Å². The van der Waals surface area contributed by atoms with Crippen molar-refractivity contribution in [2.45, 2.75) is 39.5 Å². The molecule has 0 radical (unpaired) electrons. The van der Waals surface area contributed by atoms with Crippen LogP contribution < -0.4 is 0 Å². The number of unbranched alkanes of at least 4 members (excludes halogenated alkanes) is 1. The van der Waals surface area contributed by atoms with Gasteiger partial charge >= 0.3 is 0 Å². The Balaban J connectivity index is 0. The van der Waals surface area contributed by atoms with E-state index in [1.807, 2.05) is 6.08 Å². The first kappa shape index (κ1) is 20.9. The third-order valence-electron chi connectivity index (χ3n) is 2.92. The second-order valence-corrected chi connectivity index (χ2v) is 6.29. The quantitative estimate of drug-likeness (QED) is 0.323. The molecule has 5 nitrogen and oxygen atoms in total. The summed E-state index contributed by atoms with van der Waals surface area (Å²) in [7, 11) is -0.313. The zero-order valence-corrected chi connectivity index (χ0v) is 13.4. The first-order valence-corrected chi connectivity index (χ1v) is 8.03. The fourth-order valence-corrected chi connectivity index (χ4v) is 2.04. The van der Waals surface area contributed by atoms with Crippen LogP contribution in [0, 0.1) is 5.92 Å². The minimum atomic E-state index is -4.92. The SMILES string of the molecule is C=CC[N+](C)(C)CC(CC)CCCC.O=S(=O)([O-])O. The van der Waals surface area contributed by atoms with E-state index in [1.54, 1.807) is 0 Å². The average molecular weight is 295 g/mol. The van der Waals surface area contributed by atoms with Crippen molar-refractivity contribution < 1.29 is 22.0 Å². The minimum absolute atomic E-state index is 0.893. The normalized spacial score (nSPS) is 13.4. The van der Waals surface area contributed by atoms with Crippen LogP contribution in [0.3, 0.4) is 0 Å². The number of likely N-dealkylation sites (N-methyl/N-ethyl adjacent to an activating group) is 1. The van der Waals surface area contributed by atoms with Crippen molar-refractivity contribution in [2.75, 3.05) is 27.2 Å². The highest BCUT2D eigenvalue weighted by Crippen LogP contribution is 2.16. The lowest BCUT2D eigenvalue weighted by Crippen LogP contribution is -2.43. The summed E-state index contributed by atoms with van der Waals surface area (Å²) in [6.07, 6.45) is 7.45. The molecule has 116 valence electrons. The van der Waals surface area contributed by atoms with Crippen LogP contribution in [0.4, 0.5) is 0 Å². The van der Waals surface area contributed by atoms with Gasteiger partial charge in [-0.15, -0.1) is 0 Å². The van der Waals surface area contributed by atoms with Gasteiger partial charge in [0.05, 0.1) is 27.2 Å². The molecule has 0 saturated carbocycles. The van der Waals surface area contributed by atoms with E-state index in [0.29, 0.717) is 0 Å². The average Bonchev–Trinajstić information content (AvgIpc) is 2.21. The first-order valence-electron chi connectivity index (χ1n) is 6.66. The highest BCUT2D eigenvalue weighted by Gasteiger charge is 2.18. The Morgan fingerprint density at radius 2 is 1.84 bits per heavy atom. The van der Waals surface area contributed by atoms with Crippen molar-refractivity contribution in [1.82, 2.24) is 0 Å². The lowest BCUT2D eigenvalue weighted by Gasteiger charge is -2.32. The van der Waals surface area contributed by atoms with Crippen molar-refractivity contribution in [3.8, 4) is 0 Å². The molecule has 0 aliphatic carbocycles. The van der Waals surface area contributed by atoms with Crippen molar-refractivity contribution in [3.63, 3.8) is 0 Å². The van der Waals surface area contributed by atoms with E-state index in [4.69, 9.17) is 17.5 Å². The summed E-state index contributed by atoms with van der Waals surface area (Å²) < 4.78 is 33.9. The van der Waals surface area contributed by atoms with Crippen molar-refractivity contribution in [3.05, 3.63) is 12.7 Å². The Morgan fingerprint density at radius 1 is 1.37 bits per heavy atom. The van der Waals surface area contributed by atoms with Crippen LogP contribution in [0.2, 0.25) is 0 Å². The van der Waals surface area contributed by atoms with E-state index in [2.05, 4.69) is 34.5 Å².